The van der Waals surface area contributed by atoms with E-state index in [1.54, 1.807) is 20.8 Å². The van der Waals surface area contributed by atoms with Crippen molar-refractivity contribution in [1.29, 1.82) is 0 Å². The smallest absolute Gasteiger partial charge is 0.305 e. The van der Waals surface area contributed by atoms with Crippen LogP contribution in [0.3, 0.4) is 0 Å². The molecule has 0 aromatic rings. The molecule has 0 aliphatic carbocycles. The molecule has 3 atom stereocenters. The van der Waals surface area contributed by atoms with Crippen molar-refractivity contribution in [2.45, 2.75) is 200 Å². The molecule has 46 heavy (non-hydrogen) atoms. The highest BCUT2D eigenvalue weighted by molar-refractivity contribution is 5.70. The lowest BCUT2D eigenvalue weighted by molar-refractivity contribution is -0.159. The van der Waals surface area contributed by atoms with E-state index in [0.717, 1.165) is 89.9 Å². The van der Waals surface area contributed by atoms with Crippen molar-refractivity contribution in [3.05, 3.63) is 0 Å². The van der Waals surface area contributed by atoms with Crippen LogP contribution in [0.2, 0.25) is 0 Å². The summed E-state index contributed by atoms with van der Waals surface area (Å²) < 4.78 is 21.5. The van der Waals surface area contributed by atoms with Gasteiger partial charge >= 0.3 is 23.9 Å². The molecule has 0 amide bonds. The summed E-state index contributed by atoms with van der Waals surface area (Å²) in [6.07, 6.45) is 19.5. The van der Waals surface area contributed by atoms with Crippen LogP contribution in [0, 0.1) is 0 Å². The number of ether oxygens (including phenoxy) is 4. The first-order chi connectivity index (χ1) is 22.3. The highest BCUT2D eigenvalue weighted by Gasteiger charge is 2.22. The second kappa shape index (κ2) is 31.4. The SMILES string of the molecule is CCCCCCCCC(OC(=O)CC)C(O)CCCCCCCC(=O)OCCCCCCCCC(COC(=O)CC)OC(=O)CC. The zero-order chi connectivity index (χ0) is 34.3. The molecule has 0 radical (unpaired) electrons. The van der Waals surface area contributed by atoms with Crippen molar-refractivity contribution in [2.24, 2.45) is 0 Å². The predicted molar refractivity (Wildman–Crippen MR) is 181 cm³/mol. The summed E-state index contributed by atoms with van der Waals surface area (Å²) in [6, 6.07) is 0. The van der Waals surface area contributed by atoms with Gasteiger partial charge in [0.1, 0.15) is 18.8 Å². The molecule has 0 aromatic carbocycles. The Morgan fingerprint density at radius 2 is 1.00 bits per heavy atom. The Morgan fingerprint density at radius 3 is 1.61 bits per heavy atom. The molecular formula is C37H68O9. The Labute approximate surface area is 280 Å². The van der Waals surface area contributed by atoms with E-state index in [4.69, 9.17) is 18.9 Å². The molecule has 0 saturated heterocycles. The largest absolute Gasteiger partial charge is 0.466 e. The van der Waals surface area contributed by atoms with Crippen LogP contribution in [0.5, 0.6) is 0 Å². The number of hydrogen-bond donors (Lipinski definition) is 1. The Bertz CT molecular complexity index is 770. The summed E-state index contributed by atoms with van der Waals surface area (Å²) in [5.74, 6) is -0.949. The van der Waals surface area contributed by atoms with Crippen molar-refractivity contribution < 1.29 is 43.2 Å². The van der Waals surface area contributed by atoms with E-state index in [9.17, 15) is 24.3 Å². The third-order valence-corrected chi connectivity index (χ3v) is 8.21. The first-order valence-corrected chi connectivity index (χ1v) is 18.6. The van der Waals surface area contributed by atoms with E-state index >= 15 is 0 Å². The molecule has 9 nitrogen and oxygen atoms in total. The second-order valence-electron chi connectivity index (χ2n) is 12.4. The van der Waals surface area contributed by atoms with Crippen molar-refractivity contribution in [3.63, 3.8) is 0 Å². The first kappa shape index (κ1) is 43.8. The second-order valence-corrected chi connectivity index (χ2v) is 12.4. The maximum Gasteiger partial charge on any atom is 0.305 e. The third kappa shape index (κ3) is 27.0. The van der Waals surface area contributed by atoms with Crippen molar-refractivity contribution in [2.75, 3.05) is 13.2 Å². The lowest BCUT2D eigenvalue weighted by Crippen LogP contribution is -2.31. The van der Waals surface area contributed by atoms with Gasteiger partial charge in [0.15, 0.2) is 0 Å². The van der Waals surface area contributed by atoms with Crippen LogP contribution in [-0.4, -0.2) is 60.5 Å². The normalized spacial score (nSPS) is 13.1. The topological polar surface area (TPSA) is 125 Å². The van der Waals surface area contributed by atoms with Crippen LogP contribution < -0.4 is 0 Å². The van der Waals surface area contributed by atoms with Gasteiger partial charge in [0.25, 0.3) is 0 Å². The summed E-state index contributed by atoms with van der Waals surface area (Å²) in [5.41, 5.74) is 0. The summed E-state index contributed by atoms with van der Waals surface area (Å²) in [7, 11) is 0. The molecule has 0 aromatic heterocycles. The number of aliphatic hydroxyl groups is 1. The minimum absolute atomic E-state index is 0.118. The molecule has 0 aliphatic heterocycles. The summed E-state index contributed by atoms with van der Waals surface area (Å²) in [5, 5.41) is 10.7. The molecular weight excluding hydrogens is 588 g/mol. The number of unbranched alkanes of at least 4 members (excludes halogenated alkanes) is 14. The van der Waals surface area contributed by atoms with Gasteiger partial charge in [0, 0.05) is 25.7 Å². The van der Waals surface area contributed by atoms with Gasteiger partial charge in [0.05, 0.1) is 12.7 Å². The molecule has 0 aliphatic rings. The molecule has 0 fully saturated rings. The molecule has 270 valence electrons. The van der Waals surface area contributed by atoms with Gasteiger partial charge in [-0.15, -0.1) is 0 Å². The molecule has 1 N–H and O–H groups in total. The average Bonchev–Trinajstić information content (AvgIpc) is 3.06. The number of aliphatic hydroxyl groups excluding tert-OH is 1. The fourth-order valence-electron chi connectivity index (χ4n) is 5.22. The van der Waals surface area contributed by atoms with Crippen LogP contribution in [0.15, 0.2) is 0 Å². The third-order valence-electron chi connectivity index (χ3n) is 8.21. The number of esters is 4. The van der Waals surface area contributed by atoms with Crippen molar-refractivity contribution >= 4 is 23.9 Å². The van der Waals surface area contributed by atoms with Crippen molar-refractivity contribution in [3.8, 4) is 0 Å². The minimum Gasteiger partial charge on any atom is -0.466 e. The maximum absolute atomic E-state index is 12.1. The van der Waals surface area contributed by atoms with Gasteiger partial charge in [-0.05, 0) is 44.9 Å². The van der Waals surface area contributed by atoms with Gasteiger partial charge < -0.3 is 24.1 Å². The molecule has 0 saturated carbocycles. The fourth-order valence-corrected chi connectivity index (χ4v) is 5.22. The highest BCUT2D eigenvalue weighted by atomic mass is 16.6. The van der Waals surface area contributed by atoms with Gasteiger partial charge in [-0.1, -0.05) is 111 Å². The molecule has 0 heterocycles. The Balaban J connectivity index is 3.87. The predicted octanol–water partition coefficient (Wildman–Crippen LogP) is 8.70. The number of hydrogen-bond acceptors (Lipinski definition) is 9. The Morgan fingerprint density at radius 1 is 0.500 bits per heavy atom. The van der Waals surface area contributed by atoms with E-state index in [1.165, 1.54) is 25.7 Å². The summed E-state index contributed by atoms with van der Waals surface area (Å²) in [6.45, 7) is 8.03. The van der Waals surface area contributed by atoms with E-state index in [-0.39, 0.29) is 36.6 Å². The molecule has 0 bridgehead atoms. The number of carbonyl (C=O) groups is 4. The van der Waals surface area contributed by atoms with Gasteiger partial charge in [-0.3, -0.25) is 19.2 Å². The van der Waals surface area contributed by atoms with Crippen LogP contribution in [0.1, 0.15) is 182 Å². The highest BCUT2D eigenvalue weighted by Crippen LogP contribution is 2.19. The first-order valence-electron chi connectivity index (χ1n) is 18.6. The Kier molecular flexibility index (Phi) is 30.0. The average molecular weight is 657 g/mol. The van der Waals surface area contributed by atoms with Gasteiger partial charge in [-0.25, -0.2) is 0 Å². The van der Waals surface area contributed by atoms with Crippen molar-refractivity contribution in [1.82, 2.24) is 0 Å². The van der Waals surface area contributed by atoms with Crippen LogP contribution >= 0.6 is 0 Å². The fraction of sp³-hybridized carbons (Fsp3) is 0.892. The van der Waals surface area contributed by atoms with E-state index in [2.05, 4.69) is 6.92 Å². The standard InChI is InChI=1S/C37H68O9/c1-5-9-10-11-17-22-27-33(46-36(41)8-4)32(38)26-21-16-14-18-23-28-37(42)43-29-24-19-13-12-15-20-25-31(45-35(40)7-3)30-44-34(39)6-2/h31-33,38H,5-30H2,1-4H3. The monoisotopic (exact) mass is 656 g/mol. The summed E-state index contributed by atoms with van der Waals surface area (Å²) in [4.78, 5) is 47.0. The zero-order valence-corrected chi connectivity index (χ0v) is 29.8. The molecule has 0 rings (SSSR count). The van der Waals surface area contributed by atoms with Crippen LogP contribution in [0.25, 0.3) is 0 Å². The lowest BCUT2D eigenvalue weighted by atomic mass is 9.99. The zero-order valence-electron chi connectivity index (χ0n) is 29.8. The van der Waals surface area contributed by atoms with Gasteiger partial charge in [0.2, 0.25) is 0 Å². The van der Waals surface area contributed by atoms with E-state index < -0.39 is 12.2 Å². The maximum atomic E-state index is 12.1. The lowest BCUT2D eigenvalue weighted by Gasteiger charge is -2.23. The van der Waals surface area contributed by atoms with E-state index in [1.807, 2.05) is 0 Å². The van der Waals surface area contributed by atoms with Crippen LogP contribution in [-0.2, 0) is 38.1 Å². The van der Waals surface area contributed by atoms with Crippen LogP contribution in [0.4, 0.5) is 0 Å². The molecule has 9 heteroatoms. The Hall–Kier alpha value is -2.16. The summed E-state index contributed by atoms with van der Waals surface area (Å²) >= 11 is 0. The molecule has 3 unspecified atom stereocenters. The van der Waals surface area contributed by atoms with Gasteiger partial charge in [-0.2, -0.15) is 0 Å². The molecule has 0 spiro atoms. The number of rotatable bonds is 32. The number of carbonyl (C=O) groups excluding carboxylic acids is 4. The quantitative estimate of drug-likeness (QED) is 0.0430. The minimum atomic E-state index is -0.617. The van der Waals surface area contributed by atoms with E-state index in [0.29, 0.717) is 45.1 Å².